The minimum absolute atomic E-state index is 0.0536. The minimum atomic E-state index is -1.23. The number of halogens is 1. The van der Waals surface area contributed by atoms with Crippen LogP contribution in [0.4, 0.5) is 5.69 Å². The molecule has 0 saturated heterocycles. The molecular formula is C9H8ClNO4. The number of carbonyl (C=O) groups is 2. The van der Waals surface area contributed by atoms with Gasteiger partial charge < -0.3 is 15.6 Å². The molecule has 0 aliphatic heterocycles. The summed E-state index contributed by atoms with van der Waals surface area (Å²) in [7, 11) is 0. The summed E-state index contributed by atoms with van der Waals surface area (Å²) in [6.07, 6.45) is 0. The third kappa shape index (κ3) is 3.14. The van der Waals surface area contributed by atoms with Crippen LogP contribution in [0.2, 0.25) is 5.02 Å². The van der Waals surface area contributed by atoms with Crippen molar-refractivity contribution in [3.63, 3.8) is 0 Å². The number of carboxylic acids is 1. The first-order chi connectivity index (χ1) is 7.00. The van der Waals surface area contributed by atoms with Gasteiger partial charge in [0.1, 0.15) is 0 Å². The molecule has 15 heavy (non-hydrogen) atoms. The Morgan fingerprint density at radius 3 is 2.73 bits per heavy atom. The molecule has 0 bridgehead atoms. The van der Waals surface area contributed by atoms with E-state index in [-0.39, 0.29) is 10.6 Å². The Balaban J connectivity index is 2.81. The molecule has 0 aliphatic rings. The summed E-state index contributed by atoms with van der Waals surface area (Å²) < 4.78 is 4.45. The van der Waals surface area contributed by atoms with Crippen LogP contribution in [-0.2, 0) is 9.53 Å². The maximum Gasteiger partial charge on any atom is 0.341 e. The molecule has 80 valence electrons. The van der Waals surface area contributed by atoms with Crippen molar-refractivity contribution in [2.45, 2.75) is 0 Å². The van der Waals surface area contributed by atoms with Gasteiger partial charge in [-0.1, -0.05) is 11.6 Å². The predicted molar refractivity (Wildman–Crippen MR) is 53.8 cm³/mol. The summed E-state index contributed by atoms with van der Waals surface area (Å²) in [4.78, 5) is 21.4. The lowest BCUT2D eigenvalue weighted by atomic mass is 10.2. The van der Waals surface area contributed by atoms with E-state index in [0.29, 0.717) is 5.69 Å². The average molecular weight is 230 g/mol. The van der Waals surface area contributed by atoms with Crippen LogP contribution in [0.3, 0.4) is 0 Å². The number of carbonyl (C=O) groups excluding carboxylic acids is 1. The molecule has 0 fully saturated rings. The van der Waals surface area contributed by atoms with Gasteiger partial charge in [0.15, 0.2) is 6.61 Å². The third-order valence-electron chi connectivity index (χ3n) is 1.54. The van der Waals surface area contributed by atoms with Crippen molar-refractivity contribution in [2.75, 3.05) is 12.3 Å². The number of ether oxygens (including phenoxy) is 1. The molecule has 0 radical (unpaired) electrons. The molecule has 1 aromatic rings. The Labute approximate surface area is 90.4 Å². The zero-order valence-electron chi connectivity index (χ0n) is 7.57. The van der Waals surface area contributed by atoms with Crippen molar-refractivity contribution in [3.8, 4) is 0 Å². The van der Waals surface area contributed by atoms with Gasteiger partial charge in [-0.25, -0.2) is 9.59 Å². The second-order valence-corrected chi connectivity index (χ2v) is 3.12. The first-order valence-electron chi connectivity index (χ1n) is 3.94. The van der Waals surface area contributed by atoms with Gasteiger partial charge >= 0.3 is 11.9 Å². The van der Waals surface area contributed by atoms with E-state index in [0.717, 1.165) is 0 Å². The van der Waals surface area contributed by atoms with Crippen LogP contribution in [0.15, 0.2) is 18.2 Å². The average Bonchev–Trinajstić information content (AvgIpc) is 2.18. The van der Waals surface area contributed by atoms with E-state index in [2.05, 4.69) is 4.74 Å². The monoisotopic (exact) mass is 229 g/mol. The first kappa shape index (κ1) is 11.3. The lowest BCUT2D eigenvalue weighted by Gasteiger charge is -2.04. The highest BCUT2D eigenvalue weighted by molar-refractivity contribution is 6.33. The summed E-state index contributed by atoms with van der Waals surface area (Å²) >= 11 is 5.70. The number of anilines is 1. The van der Waals surface area contributed by atoms with Crippen molar-refractivity contribution < 1.29 is 19.4 Å². The van der Waals surface area contributed by atoms with Crippen molar-refractivity contribution in [2.24, 2.45) is 0 Å². The molecular weight excluding hydrogens is 222 g/mol. The van der Waals surface area contributed by atoms with Gasteiger partial charge in [0.05, 0.1) is 10.6 Å². The lowest BCUT2D eigenvalue weighted by molar-refractivity contribution is -0.140. The smallest absolute Gasteiger partial charge is 0.341 e. The topological polar surface area (TPSA) is 89.6 Å². The summed E-state index contributed by atoms with van der Waals surface area (Å²) in [5.41, 5.74) is 5.84. The molecule has 0 heterocycles. The highest BCUT2D eigenvalue weighted by Crippen LogP contribution is 2.19. The van der Waals surface area contributed by atoms with E-state index in [4.69, 9.17) is 22.4 Å². The first-order valence-corrected chi connectivity index (χ1v) is 4.32. The van der Waals surface area contributed by atoms with Crippen LogP contribution >= 0.6 is 11.6 Å². The van der Waals surface area contributed by atoms with Gasteiger partial charge in [0.25, 0.3) is 0 Å². The van der Waals surface area contributed by atoms with Crippen molar-refractivity contribution in [1.29, 1.82) is 0 Å². The largest absolute Gasteiger partial charge is 0.479 e. The number of nitrogens with two attached hydrogens (primary N) is 1. The summed E-state index contributed by atoms with van der Waals surface area (Å²) in [5.74, 6) is -2.04. The SMILES string of the molecule is Nc1ccc(Cl)c(C(=O)OCC(=O)O)c1. The van der Waals surface area contributed by atoms with E-state index in [9.17, 15) is 9.59 Å². The van der Waals surface area contributed by atoms with E-state index < -0.39 is 18.5 Å². The van der Waals surface area contributed by atoms with Crippen LogP contribution in [-0.4, -0.2) is 23.7 Å². The Bertz CT molecular complexity index is 405. The third-order valence-corrected chi connectivity index (χ3v) is 1.87. The van der Waals surface area contributed by atoms with Gasteiger partial charge in [0.2, 0.25) is 0 Å². The molecule has 0 spiro atoms. The normalized spacial score (nSPS) is 9.67. The number of rotatable bonds is 3. The van der Waals surface area contributed by atoms with Gasteiger partial charge in [-0.2, -0.15) is 0 Å². The number of hydrogen-bond donors (Lipinski definition) is 2. The van der Waals surface area contributed by atoms with Gasteiger partial charge in [0, 0.05) is 5.69 Å². The van der Waals surface area contributed by atoms with E-state index in [1.807, 2.05) is 0 Å². The second kappa shape index (κ2) is 4.65. The summed E-state index contributed by atoms with van der Waals surface area (Å²) in [5, 5.41) is 8.46. The van der Waals surface area contributed by atoms with Gasteiger partial charge in [-0.15, -0.1) is 0 Å². The highest BCUT2D eigenvalue weighted by atomic mass is 35.5. The predicted octanol–water partition coefficient (Wildman–Crippen LogP) is 1.16. The zero-order valence-corrected chi connectivity index (χ0v) is 8.32. The number of carboxylic acid groups (broad SMARTS) is 1. The molecule has 0 atom stereocenters. The number of nitrogen functional groups attached to an aromatic ring is 1. The molecule has 1 rings (SSSR count). The van der Waals surface area contributed by atoms with Crippen molar-refractivity contribution in [1.82, 2.24) is 0 Å². The molecule has 0 saturated carbocycles. The quantitative estimate of drug-likeness (QED) is 0.600. The van der Waals surface area contributed by atoms with Gasteiger partial charge in [-0.05, 0) is 18.2 Å². The fourth-order valence-corrected chi connectivity index (χ4v) is 1.10. The molecule has 6 heteroatoms. The fraction of sp³-hybridized carbons (Fsp3) is 0.111. The molecule has 0 aromatic heterocycles. The van der Waals surface area contributed by atoms with Gasteiger partial charge in [-0.3, -0.25) is 0 Å². The van der Waals surface area contributed by atoms with Crippen molar-refractivity contribution >= 4 is 29.2 Å². The molecule has 5 nitrogen and oxygen atoms in total. The van der Waals surface area contributed by atoms with Crippen molar-refractivity contribution in [3.05, 3.63) is 28.8 Å². The maximum absolute atomic E-state index is 11.3. The molecule has 0 amide bonds. The van der Waals surface area contributed by atoms with Crippen LogP contribution in [0, 0.1) is 0 Å². The fourth-order valence-electron chi connectivity index (χ4n) is 0.904. The highest BCUT2D eigenvalue weighted by Gasteiger charge is 2.13. The Morgan fingerprint density at radius 1 is 1.47 bits per heavy atom. The number of hydrogen-bond acceptors (Lipinski definition) is 4. The lowest BCUT2D eigenvalue weighted by Crippen LogP contribution is -2.13. The van der Waals surface area contributed by atoms with E-state index in [1.54, 1.807) is 0 Å². The van der Waals surface area contributed by atoms with E-state index in [1.165, 1.54) is 18.2 Å². The van der Waals surface area contributed by atoms with Crippen LogP contribution in [0.5, 0.6) is 0 Å². The molecule has 0 unspecified atom stereocenters. The Kier molecular flexibility index (Phi) is 3.51. The van der Waals surface area contributed by atoms with Crippen LogP contribution < -0.4 is 5.73 Å². The second-order valence-electron chi connectivity index (χ2n) is 2.71. The Morgan fingerprint density at radius 2 is 2.13 bits per heavy atom. The molecule has 0 aliphatic carbocycles. The summed E-state index contributed by atoms with van der Waals surface area (Å²) in [6, 6.07) is 4.29. The maximum atomic E-state index is 11.3. The molecule has 1 aromatic carbocycles. The number of aliphatic carboxylic acids is 1. The van der Waals surface area contributed by atoms with Crippen LogP contribution in [0.25, 0.3) is 0 Å². The van der Waals surface area contributed by atoms with E-state index >= 15 is 0 Å². The number of esters is 1. The number of benzene rings is 1. The van der Waals surface area contributed by atoms with Crippen LogP contribution in [0.1, 0.15) is 10.4 Å². The standard InChI is InChI=1S/C9H8ClNO4/c10-7-2-1-5(11)3-6(7)9(14)15-4-8(12)13/h1-3H,4,11H2,(H,12,13). The summed E-state index contributed by atoms with van der Waals surface area (Å²) in [6.45, 7) is -0.704. The Hall–Kier alpha value is -1.75. The minimum Gasteiger partial charge on any atom is -0.479 e. The molecule has 3 N–H and O–H groups in total. The zero-order chi connectivity index (χ0) is 11.4.